The van der Waals surface area contributed by atoms with Crippen LogP contribution in [0.4, 0.5) is 5.82 Å². The number of piperidine rings is 1. The summed E-state index contributed by atoms with van der Waals surface area (Å²) in [5.74, 6) is 1.35. The van der Waals surface area contributed by atoms with Crippen molar-refractivity contribution in [3.63, 3.8) is 0 Å². The minimum absolute atomic E-state index is 0.0692. The van der Waals surface area contributed by atoms with E-state index in [0.717, 1.165) is 69.4 Å². The molecule has 2 aliphatic heterocycles. The molecule has 0 N–H and O–H groups in total. The Balaban J connectivity index is 1.63. The molecule has 2 saturated heterocycles. The van der Waals surface area contributed by atoms with Crippen LogP contribution in [-0.4, -0.2) is 39.3 Å². The lowest BCUT2D eigenvalue weighted by molar-refractivity contribution is -0.122. The topological polar surface area (TPSA) is 69.3 Å². The lowest BCUT2D eigenvalue weighted by Gasteiger charge is -2.36. The van der Waals surface area contributed by atoms with Crippen molar-refractivity contribution in [3.05, 3.63) is 67.8 Å². The smallest absolute Gasteiger partial charge is 0.270 e. The summed E-state index contributed by atoms with van der Waals surface area (Å²) in [6.07, 6.45) is 13.7. The number of anilines is 1. The lowest BCUT2D eigenvalue weighted by atomic mass is 9.90. The number of benzene rings is 1. The summed E-state index contributed by atoms with van der Waals surface area (Å²) in [7, 11) is 0. The van der Waals surface area contributed by atoms with Gasteiger partial charge in [-0.25, -0.2) is 0 Å². The van der Waals surface area contributed by atoms with Gasteiger partial charge in [0, 0.05) is 31.7 Å². The molecule has 2 fully saturated rings. The van der Waals surface area contributed by atoms with Crippen LogP contribution in [-0.2, 0) is 17.8 Å². The molecule has 1 aromatic heterocycles. The Bertz CT molecular complexity index is 1400. The Hall–Kier alpha value is -2.89. The van der Waals surface area contributed by atoms with Gasteiger partial charge in [0.15, 0.2) is 0 Å². The number of hydrogen-bond donors (Lipinski definition) is 0. The van der Waals surface area contributed by atoms with Gasteiger partial charge in [-0.05, 0) is 62.1 Å². The van der Waals surface area contributed by atoms with Gasteiger partial charge >= 0.3 is 0 Å². The quantitative estimate of drug-likeness (QED) is 0.122. The molecule has 4 rings (SSSR count). The first-order valence-electron chi connectivity index (χ1n) is 16.1. The van der Waals surface area contributed by atoms with Crippen molar-refractivity contribution in [3.8, 4) is 6.07 Å². The number of hydrogen-bond acceptors (Lipinski definition) is 6. The monoisotopic (exact) mass is 618 g/mol. The minimum atomic E-state index is -0.234. The fourth-order valence-corrected chi connectivity index (χ4v) is 7.47. The van der Waals surface area contributed by atoms with Gasteiger partial charge in [0.25, 0.3) is 11.5 Å². The number of aromatic nitrogens is 1. The highest BCUT2D eigenvalue weighted by Gasteiger charge is 2.33. The minimum Gasteiger partial charge on any atom is -0.357 e. The molecule has 2 aliphatic rings. The second-order valence-corrected chi connectivity index (χ2v) is 13.6. The number of nitrogens with zero attached hydrogens (tertiary/aromatic N) is 4. The predicted octanol–water partition coefficient (Wildman–Crippen LogP) is 7.85. The molecule has 6 nitrogen and oxygen atoms in total. The zero-order valence-corrected chi connectivity index (χ0v) is 27.7. The maximum atomic E-state index is 13.7. The van der Waals surface area contributed by atoms with Crippen molar-refractivity contribution < 1.29 is 4.79 Å². The van der Waals surface area contributed by atoms with Crippen LogP contribution < -0.4 is 10.5 Å². The van der Waals surface area contributed by atoms with E-state index in [0.29, 0.717) is 33.8 Å². The maximum Gasteiger partial charge on any atom is 0.270 e. The summed E-state index contributed by atoms with van der Waals surface area (Å²) in [5, 5.41) is 10.0. The van der Waals surface area contributed by atoms with Crippen LogP contribution in [0, 0.1) is 24.2 Å². The number of pyridine rings is 1. The molecule has 0 spiro atoms. The number of amides is 1. The van der Waals surface area contributed by atoms with E-state index in [-0.39, 0.29) is 17.0 Å². The van der Waals surface area contributed by atoms with E-state index in [9.17, 15) is 14.9 Å². The van der Waals surface area contributed by atoms with Gasteiger partial charge in [0.2, 0.25) is 0 Å². The number of rotatable bonds is 14. The summed E-state index contributed by atoms with van der Waals surface area (Å²) in [5.41, 5.74) is 2.73. The normalized spacial score (nSPS) is 16.8. The predicted molar refractivity (Wildman–Crippen MR) is 183 cm³/mol. The molecule has 230 valence electrons. The van der Waals surface area contributed by atoms with Gasteiger partial charge in [-0.3, -0.25) is 19.1 Å². The fraction of sp³-hybridized carbons (Fsp3) is 0.543. The molecule has 0 bridgehead atoms. The van der Waals surface area contributed by atoms with E-state index in [4.69, 9.17) is 12.2 Å². The maximum absolute atomic E-state index is 13.7. The number of carbonyl (C=O) groups excluding carboxylic acids is 1. The van der Waals surface area contributed by atoms with Crippen LogP contribution in [0.15, 0.2) is 40.0 Å². The molecule has 1 aromatic carbocycles. The Morgan fingerprint density at radius 2 is 1.65 bits per heavy atom. The average molecular weight is 619 g/mol. The highest BCUT2D eigenvalue weighted by Crippen LogP contribution is 2.37. The molecule has 0 saturated carbocycles. The molecule has 0 atom stereocenters. The highest BCUT2D eigenvalue weighted by atomic mass is 32.2. The first-order valence-corrected chi connectivity index (χ1v) is 17.3. The number of thioether (sulfide) groups is 1. The van der Waals surface area contributed by atoms with Gasteiger partial charge in [-0.15, -0.1) is 0 Å². The van der Waals surface area contributed by atoms with Gasteiger partial charge < -0.3 is 4.90 Å². The van der Waals surface area contributed by atoms with Crippen molar-refractivity contribution in [2.45, 2.75) is 97.9 Å². The molecule has 0 radical (unpaired) electrons. The molecule has 8 heteroatoms. The van der Waals surface area contributed by atoms with Crippen LogP contribution >= 0.6 is 24.0 Å². The third-order valence-corrected chi connectivity index (χ3v) is 10.1. The zero-order chi connectivity index (χ0) is 30.8. The Kier molecular flexibility index (Phi) is 12.5. The van der Waals surface area contributed by atoms with E-state index >= 15 is 0 Å². The fourth-order valence-electron chi connectivity index (χ4n) is 6.18. The van der Waals surface area contributed by atoms with Crippen molar-refractivity contribution >= 4 is 46.1 Å². The molecular weight excluding hydrogens is 573 g/mol. The Morgan fingerprint density at radius 1 is 0.977 bits per heavy atom. The molecule has 43 heavy (non-hydrogen) atoms. The molecule has 1 amide bonds. The van der Waals surface area contributed by atoms with E-state index in [1.807, 2.05) is 13.0 Å². The summed E-state index contributed by atoms with van der Waals surface area (Å²) < 4.78 is 2.39. The SMILES string of the molecule is CCCCCCCCN1C(=O)/C(=C/c2c(C)c(C#N)c(=O)n(CCCC)c2N2CCC(Cc3ccccc3)CC2)SC1=S. The number of carbonyl (C=O) groups is 1. The van der Waals surface area contributed by atoms with Crippen molar-refractivity contribution in [1.29, 1.82) is 5.26 Å². The first-order chi connectivity index (χ1) is 20.9. The second kappa shape index (κ2) is 16.3. The number of unbranched alkanes of at least 4 members (excludes halogenated alkanes) is 6. The molecule has 0 aliphatic carbocycles. The Morgan fingerprint density at radius 3 is 2.33 bits per heavy atom. The number of thiocarbonyl (C=S) groups is 1. The Labute approximate surface area is 267 Å². The third kappa shape index (κ3) is 8.19. The van der Waals surface area contributed by atoms with E-state index in [1.54, 1.807) is 9.47 Å². The summed E-state index contributed by atoms with van der Waals surface area (Å²) >= 11 is 6.99. The van der Waals surface area contributed by atoms with E-state index in [1.165, 1.54) is 43.0 Å². The summed E-state index contributed by atoms with van der Waals surface area (Å²) in [4.78, 5) is 31.9. The lowest BCUT2D eigenvalue weighted by Crippen LogP contribution is -2.40. The number of nitriles is 1. The van der Waals surface area contributed by atoms with Gasteiger partial charge in [-0.1, -0.05) is 107 Å². The third-order valence-electron chi connectivity index (χ3n) is 8.75. The molecular formula is C35H46N4O2S2. The van der Waals surface area contributed by atoms with Crippen LogP contribution in [0.1, 0.15) is 100 Å². The standard InChI is InChI=1S/C35H46N4O2S2/c1-4-6-8-9-10-14-20-39-34(41)31(43-35(39)42)24-29-26(3)30(25-36)33(40)38(19-7-5-2)32(29)37-21-17-28(18-22-37)23-27-15-12-11-13-16-27/h11-13,15-16,24,28H,4-10,14,17-23H2,1-3H3/b31-24-. The van der Waals surface area contributed by atoms with Crippen molar-refractivity contribution in [2.75, 3.05) is 24.5 Å². The van der Waals surface area contributed by atoms with Crippen LogP contribution in [0.5, 0.6) is 0 Å². The summed E-state index contributed by atoms with van der Waals surface area (Å²) in [6.45, 7) is 9.00. The molecule has 0 unspecified atom stereocenters. The van der Waals surface area contributed by atoms with Crippen LogP contribution in [0.2, 0.25) is 0 Å². The van der Waals surface area contributed by atoms with Crippen molar-refractivity contribution in [2.24, 2.45) is 5.92 Å². The molecule has 2 aromatic rings. The van der Waals surface area contributed by atoms with Gasteiger partial charge in [-0.2, -0.15) is 5.26 Å². The highest BCUT2D eigenvalue weighted by molar-refractivity contribution is 8.26. The van der Waals surface area contributed by atoms with Crippen LogP contribution in [0.3, 0.4) is 0 Å². The molecule has 3 heterocycles. The first kappa shape index (κ1) is 33.0. The van der Waals surface area contributed by atoms with Gasteiger partial charge in [0.1, 0.15) is 21.8 Å². The second-order valence-electron chi connectivity index (χ2n) is 11.9. The van der Waals surface area contributed by atoms with E-state index in [2.05, 4.69) is 55.1 Å². The van der Waals surface area contributed by atoms with Crippen molar-refractivity contribution in [1.82, 2.24) is 9.47 Å². The largest absolute Gasteiger partial charge is 0.357 e. The average Bonchev–Trinajstić information content (AvgIpc) is 3.28. The zero-order valence-electron chi connectivity index (χ0n) is 26.1. The van der Waals surface area contributed by atoms with E-state index < -0.39 is 0 Å². The van der Waals surface area contributed by atoms with Gasteiger partial charge in [0.05, 0.1) is 4.91 Å². The van der Waals surface area contributed by atoms with Crippen LogP contribution in [0.25, 0.3) is 6.08 Å². The summed E-state index contributed by atoms with van der Waals surface area (Å²) in [6, 6.07) is 12.8.